The molecule has 1 N–H and O–H groups in total. The number of allylic oxidation sites excluding steroid dienone is 1. The first kappa shape index (κ1) is 17.7. The van der Waals surface area contributed by atoms with E-state index >= 15 is 0 Å². The van der Waals surface area contributed by atoms with Crippen molar-refractivity contribution in [2.24, 2.45) is 0 Å². The highest BCUT2D eigenvalue weighted by Crippen LogP contribution is 2.30. The first-order chi connectivity index (χ1) is 10.5. The van der Waals surface area contributed by atoms with Crippen LogP contribution in [0.15, 0.2) is 17.7 Å². The Kier molecular flexibility index (Phi) is 4.71. The highest BCUT2D eigenvalue weighted by Gasteiger charge is 2.32. The molecule has 0 saturated carbocycles. The van der Waals surface area contributed by atoms with Crippen molar-refractivity contribution in [3.8, 4) is 0 Å². The number of hydrogen-bond acceptors (Lipinski definition) is 4. The van der Waals surface area contributed by atoms with Crippen LogP contribution < -0.4 is 5.32 Å². The normalized spacial score (nSPS) is 20.3. The summed E-state index contributed by atoms with van der Waals surface area (Å²) in [5.41, 5.74) is 1.54. The third-order valence-corrected chi connectivity index (χ3v) is 5.48. The van der Waals surface area contributed by atoms with Crippen LogP contribution in [0.25, 0.3) is 0 Å². The highest BCUT2D eigenvalue weighted by atomic mass is 32.2. The lowest BCUT2D eigenvalue weighted by molar-refractivity contribution is -0.112. The number of nitrogens with one attached hydrogen (secondary N) is 1. The summed E-state index contributed by atoms with van der Waals surface area (Å²) < 4.78 is 25.2. The molecule has 23 heavy (non-hydrogen) atoms. The summed E-state index contributed by atoms with van der Waals surface area (Å²) >= 11 is 0. The molecule has 128 valence electrons. The standard InChI is InChI=1S/C16H25N3O3S/c1-11(2)8-15(20)17-14-9-13(16(3,4)5)18-19(14)12-6-7-23(21,22)10-12/h8-9,12H,6-7,10H2,1-5H3,(H,17,20). The zero-order valence-corrected chi connectivity index (χ0v) is 15.2. The average Bonchev–Trinajstić information content (AvgIpc) is 2.90. The largest absolute Gasteiger partial charge is 0.307 e. The van der Waals surface area contributed by atoms with Gasteiger partial charge in [0.15, 0.2) is 9.84 Å². The Bertz CT molecular complexity index is 735. The summed E-state index contributed by atoms with van der Waals surface area (Å²) in [5.74, 6) is 0.569. The lowest BCUT2D eigenvalue weighted by atomic mass is 9.92. The maximum atomic E-state index is 12.0. The molecule has 1 amide bonds. The molecular formula is C16H25N3O3S. The molecule has 7 heteroatoms. The molecule has 1 unspecified atom stereocenters. The van der Waals surface area contributed by atoms with Crippen molar-refractivity contribution in [1.29, 1.82) is 0 Å². The maximum Gasteiger partial charge on any atom is 0.249 e. The van der Waals surface area contributed by atoms with Gasteiger partial charge < -0.3 is 5.32 Å². The first-order valence-electron chi connectivity index (χ1n) is 7.74. The Morgan fingerprint density at radius 1 is 1.39 bits per heavy atom. The van der Waals surface area contributed by atoms with Crippen molar-refractivity contribution in [3.63, 3.8) is 0 Å². The van der Waals surface area contributed by atoms with Crippen molar-refractivity contribution >= 4 is 21.6 Å². The molecule has 6 nitrogen and oxygen atoms in total. The summed E-state index contributed by atoms with van der Waals surface area (Å²) in [7, 11) is -3.02. The third kappa shape index (κ3) is 4.43. The number of anilines is 1. The molecule has 0 bridgehead atoms. The SMILES string of the molecule is CC(C)=CC(=O)Nc1cc(C(C)(C)C)nn1C1CCS(=O)(=O)C1. The molecule has 1 atom stereocenters. The van der Waals surface area contributed by atoms with Gasteiger partial charge in [-0.3, -0.25) is 4.79 Å². The Labute approximate surface area is 137 Å². The molecule has 1 aliphatic heterocycles. The van der Waals surface area contributed by atoms with Crippen LogP contribution in [-0.2, 0) is 20.0 Å². The van der Waals surface area contributed by atoms with Gasteiger partial charge in [0.05, 0.1) is 23.2 Å². The van der Waals surface area contributed by atoms with Crippen LogP contribution in [0.3, 0.4) is 0 Å². The third-order valence-electron chi connectivity index (χ3n) is 3.73. The lowest BCUT2D eigenvalue weighted by Gasteiger charge is -2.15. The second-order valence-corrected chi connectivity index (χ2v) is 9.61. The molecule has 1 aromatic heterocycles. The van der Waals surface area contributed by atoms with Gasteiger partial charge in [-0.1, -0.05) is 26.3 Å². The summed E-state index contributed by atoms with van der Waals surface area (Å²) in [5, 5.41) is 7.41. The first-order valence-corrected chi connectivity index (χ1v) is 9.56. The Balaban J connectivity index is 2.37. The van der Waals surface area contributed by atoms with E-state index in [1.54, 1.807) is 4.68 Å². The van der Waals surface area contributed by atoms with E-state index in [2.05, 4.69) is 10.4 Å². The summed E-state index contributed by atoms with van der Waals surface area (Å²) in [4.78, 5) is 12.0. The molecular weight excluding hydrogens is 314 g/mol. The number of hydrogen-bond donors (Lipinski definition) is 1. The van der Waals surface area contributed by atoms with Gasteiger partial charge in [-0.2, -0.15) is 5.10 Å². The number of rotatable bonds is 3. The Morgan fingerprint density at radius 2 is 2.04 bits per heavy atom. The van der Waals surface area contributed by atoms with Gasteiger partial charge in [0.25, 0.3) is 0 Å². The van der Waals surface area contributed by atoms with E-state index in [9.17, 15) is 13.2 Å². The predicted octanol–water partition coefficient (Wildman–Crippen LogP) is 2.44. The van der Waals surface area contributed by atoms with E-state index in [1.165, 1.54) is 6.08 Å². The summed E-state index contributed by atoms with van der Waals surface area (Å²) in [6, 6.07) is 1.61. The molecule has 2 rings (SSSR count). The molecule has 2 heterocycles. The van der Waals surface area contributed by atoms with E-state index < -0.39 is 9.84 Å². The molecule has 0 radical (unpaired) electrons. The van der Waals surface area contributed by atoms with Gasteiger partial charge in [-0.15, -0.1) is 0 Å². The zero-order chi connectivity index (χ0) is 17.4. The van der Waals surface area contributed by atoms with Gasteiger partial charge in [0.1, 0.15) is 5.82 Å². The second-order valence-electron chi connectivity index (χ2n) is 7.38. The van der Waals surface area contributed by atoms with Crippen LogP contribution in [-0.4, -0.2) is 35.6 Å². The van der Waals surface area contributed by atoms with Crippen LogP contribution in [0.5, 0.6) is 0 Å². The van der Waals surface area contributed by atoms with E-state index in [4.69, 9.17) is 0 Å². The summed E-state index contributed by atoms with van der Waals surface area (Å²) in [6.07, 6.45) is 2.04. The van der Waals surface area contributed by atoms with Crippen LogP contribution in [0.2, 0.25) is 0 Å². The molecule has 0 spiro atoms. The molecule has 1 saturated heterocycles. The number of aromatic nitrogens is 2. The van der Waals surface area contributed by atoms with Crippen molar-refractivity contribution in [3.05, 3.63) is 23.4 Å². The van der Waals surface area contributed by atoms with Crippen molar-refractivity contribution in [2.45, 2.75) is 52.5 Å². The fourth-order valence-electron chi connectivity index (χ4n) is 2.53. The molecule has 1 fully saturated rings. The van der Waals surface area contributed by atoms with Gasteiger partial charge in [0.2, 0.25) is 5.91 Å². The van der Waals surface area contributed by atoms with E-state index in [0.29, 0.717) is 12.2 Å². The number of amides is 1. The number of carbonyl (C=O) groups is 1. The summed E-state index contributed by atoms with van der Waals surface area (Å²) in [6.45, 7) is 9.80. The fraction of sp³-hybridized carbons (Fsp3) is 0.625. The van der Waals surface area contributed by atoms with Gasteiger partial charge in [0, 0.05) is 17.6 Å². The lowest BCUT2D eigenvalue weighted by Crippen LogP contribution is -2.19. The van der Waals surface area contributed by atoms with Gasteiger partial charge in [-0.05, 0) is 20.3 Å². The maximum absolute atomic E-state index is 12.0. The second kappa shape index (κ2) is 6.11. The van der Waals surface area contributed by atoms with Gasteiger partial charge in [-0.25, -0.2) is 13.1 Å². The molecule has 1 aliphatic rings. The van der Waals surface area contributed by atoms with Crippen molar-refractivity contribution in [1.82, 2.24) is 9.78 Å². The Hall–Kier alpha value is -1.63. The molecule has 0 aliphatic carbocycles. The Morgan fingerprint density at radius 3 is 2.52 bits per heavy atom. The van der Waals surface area contributed by atoms with Crippen LogP contribution in [0.1, 0.15) is 52.8 Å². The van der Waals surface area contributed by atoms with Crippen molar-refractivity contribution < 1.29 is 13.2 Å². The molecule has 1 aromatic rings. The van der Waals surface area contributed by atoms with Crippen LogP contribution in [0, 0.1) is 0 Å². The smallest absolute Gasteiger partial charge is 0.249 e. The van der Waals surface area contributed by atoms with Crippen LogP contribution in [0.4, 0.5) is 5.82 Å². The van der Waals surface area contributed by atoms with Crippen molar-refractivity contribution in [2.75, 3.05) is 16.8 Å². The average molecular weight is 339 g/mol. The highest BCUT2D eigenvalue weighted by molar-refractivity contribution is 7.91. The van der Waals surface area contributed by atoms with E-state index in [0.717, 1.165) is 11.3 Å². The minimum atomic E-state index is -3.02. The minimum Gasteiger partial charge on any atom is -0.307 e. The predicted molar refractivity (Wildman–Crippen MR) is 91.3 cm³/mol. The van der Waals surface area contributed by atoms with E-state index in [-0.39, 0.29) is 28.9 Å². The quantitative estimate of drug-likeness (QED) is 0.858. The zero-order valence-electron chi connectivity index (χ0n) is 14.4. The number of carbonyl (C=O) groups excluding carboxylic acids is 1. The number of nitrogens with zero attached hydrogens (tertiary/aromatic N) is 2. The number of sulfone groups is 1. The molecule has 0 aromatic carbocycles. The van der Waals surface area contributed by atoms with E-state index in [1.807, 2.05) is 40.7 Å². The van der Waals surface area contributed by atoms with Gasteiger partial charge >= 0.3 is 0 Å². The monoisotopic (exact) mass is 339 g/mol. The topological polar surface area (TPSA) is 81.1 Å². The fourth-order valence-corrected chi connectivity index (χ4v) is 4.22. The minimum absolute atomic E-state index is 0.0732. The van der Waals surface area contributed by atoms with Crippen LogP contribution >= 0.6 is 0 Å².